The third-order valence-electron chi connectivity index (χ3n) is 11.7. The lowest BCUT2D eigenvalue weighted by molar-refractivity contribution is -0.317. The Morgan fingerprint density at radius 3 is 2.10 bits per heavy atom. The predicted octanol–water partition coefficient (Wildman–Crippen LogP) is 0.965. The highest BCUT2D eigenvalue weighted by Crippen LogP contribution is 2.40. The molecule has 18 atom stereocenters. The van der Waals surface area contributed by atoms with Crippen LogP contribution in [0.3, 0.4) is 0 Å². The highest BCUT2D eigenvalue weighted by atomic mass is 16.7. The number of hydrogen-bond donors (Lipinski definition) is 5. The molecule has 15 heteroatoms. The van der Waals surface area contributed by atoms with Crippen molar-refractivity contribution in [1.29, 1.82) is 0 Å². The van der Waals surface area contributed by atoms with Crippen LogP contribution in [-0.4, -0.2) is 154 Å². The fourth-order valence-corrected chi connectivity index (χ4v) is 8.35. The Morgan fingerprint density at radius 1 is 0.942 bits per heavy atom. The monoisotopic (exact) mass is 747 g/mol. The zero-order valence-corrected chi connectivity index (χ0v) is 32.9. The van der Waals surface area contributed by atoms with Gasteiger partial charge in [-0.2, -0.15) is 0 Å². The topological polar surface area (TPSA) is 211 Å². The van der Waals surface area contributed by atoms with Crippen molar-refractivity contribution < 1.29 is 68.3 Å². The number of ketones is 1. The molecule has 0 aromatic carbocycles. The second-order valence-corrected chi connectivity index (χ2v) is 16.3. The number of esters is 1. The summed E-state index contributed by atoms with van der Waals surface area (Å²) in [4.78, 5) is 42.7. The fourth-order valence-electron chi connectivity index (χ4n) is 8.35. The average molecular weight is 748 g/mol. The molecular weight excluding hydrogens is 682 g/mol. The van der Waals surface area contributed by atoms with Crippen molar-refractivity contribution >= 4 is 18.0 Å². The second-order valence-electron chi connectivity index (χ2n) is 16.3. The molecule has 3 aliphatic rings. The molecular formula is C37H65NO14. The number of ether oxygens (including phenoxy) is 6. The van der Waals surface area contributed by atoms with Gasteiger partial charge in [-0.25, -0.2) is 0 Å². The Hall–Kier alpha value is -1.63. The van der Waals surface area contributed by atoms with Gasteiger partial charge in [0.25, 0.3) is 0 Å². The highest BCUT2D eigenvalue weighted by molar-refractivity contribution is 5.89. The Labute approximate surface area is 308 Å². The maximum Gasteiger partial charge on any atom is 0.319 e. The Bertz CT molecular complexity index is 1210. The summed E-state index contributed by atoms with van der Waals surface area (Å²) < 4.78 is 36.5. The number of carbonyl (C=O) groups excluding carboxylic acids is 3. The van der Waals surface area contributed by atoms with Crippen molar-refractivity contribution in [2.24, 2.45) is 23.7 Å². The number of carbonyl (C=O) groups is 3. The van der Waals surface area contributed by atoms with Gasteiger partial charge in [0.05, 0.1) is 41.7 Å². The normalized spacial score (nSPS) is 48.9. The predicted molar refractivity (Wildman–Crippen MR) is 187 cm³/mol. The average Bonchev–Trinajstić information content (AvgIpc) is 3.07. The molecule has 15 nitrogen and oxygen atoms in total. The maximum absolute atomic E-state index is 14.1. The van der Waals surface area contributed by atoms with Crippen LogP contribution in [0.5, 0.6) is 0 Å². The lowest BCUT2D eigenvalue weighted by atomic mass is 9.74. The molecule has 3 aliphatic heterocycles. The zero-order chi connectivity index (χ0) is 39.7. The first-order valence-corrected chi connectivity index (χ1v) is 18.5. The number of aliphatic hydroxyl groups excluding tert-OH is 3. The van der Waals surface area contributed by atoms with E-state index in [2.05, 4.69) is 0 Å². The summed E-state index contributed by atoms with van der Waals surface area (Å²) in [6.45, 7) is 14.1. The molecule has 0 aliphatic carbocycles. The van der Waals surface area contributed by atoms with Crippen LogP contribution in [-0.2, 0) is 42.8 Å². The van der Waals surface area contributed by atoms with Gasteiger partial charge >= 0.3 is 5.97 Å². The second kappa shape index (κ2) is 17.4. The number of cyclic esters (lactones) is 1. The van der Waals surface area contributed by atoms with E-state index >= 15 is 0 Å². The fraction of sp³-hybridized carbons (Fsp3) is 0.919. The van der Waals surface area contributed by atoms with E-state index in [1.807, 2.05) is 25.9 Å². The lowest BCUT2D eigenvalue weighted by Gasteiger charge is -2.49. The molecule has 0 spiro atoms. The molecule has 2 unspecified atom stereocenters. The first-order valence-electron chi connectivity index (χ1n) is 18.5. The van der Waals surface area contributed by atoms with Crippen molar-refractivity contribution in [3.63, 3.8) is 0 Å². The molecule has 0 saturated carbocycles. The van der Waals surface area contributed by atoms with Crippen molar-refractivity contribution in [2.45, 2.75) is 172 Å². The molecule has 0 aromatic rings. The Kier molecular flexibility index (Phi) is 15.0. The van der Waals surface area contributed by atoms with Crippen LogP contribution in [0.2, 0.25) is 0 Å². The summed E-state index contributed by atoms with van der Waals surface area (Å²) in [6, 6.07) is -0.380. The van der Waals surface area contributed by atoms with Gasteiger partial charge in [0, 0.05) is 37.3 Å². The molecule has 3 rings (SSSR count). The van der Waals surface area contributed by atoms with Crippen LogP contribution in [0.4, 0.5) is 0 Å². The number of methoxy groups -OCH3 is 1. The quantitative estimate of drug-likeness (QED) is 0.133. The molecule has 3 saturated heterocycles. The molecule has 0 aromatic heterocycles. The molecule has 52 heavy (non-hydrogen) atoms. The standard InChI is InChI=1S/C37H65NO14/c1-13-25-37(9,46)30(42)20(4)27(40)18(2)15-35(7,45)32(52-34-28(41)24(38(10)11)14-19(3)48-34)21(5)29(23(17-39)33(44)50-25)51-26-16-36(8,47-12)31(43)22(6)49-26/h17-26,28-32,34,41-43,45-46H,13-16H2,1-12H3/t18-,19-,20+,21+,22+,23-,24+,25?,26+,28-,29?,30-,31+,32-,34+,35-,36-,37-/m1/s1. The number of likely N-dealkylation sites (N-methyl/N-ethyl adjacent to an activating group) is 1. The zero-order valence-electron chi connectivity index (χ0n) is 32.9. The van der Waals surface area contributed by atoms with E-state index in [4.69, 9.17) is 28.4 Å². The van der Waals surface area contributed by atoms with Crippen LogP contribution < -0.4 is 0 Å². The molecule has 0 bridgehead atoms. The van der Waals surface area contributed by atoms with Gasteiger partial charge in [-0.15, -0.1) is 0 Å². The number of rotatable bonds is 8. The van der Waals surface area contributed by atoms with Crippen molar-refractivity contribution in [2.75, 3.05) is 21.2 Å². The van der Waals surface area contributed by atoms with Crippen LogP contribution in [0.1, 0.15) is 88.0 Å². The van der Waals surface area contributed by atoms with Crippen LogP contribution in [0.25, 0.3) is 0 Å². The van der Waals surface area contributed by atoms with Crippen molar-refractivity contribution in [1.82, 2.24) is 4.90 Å². The van der Waals surface area contributed by atoms with Gasteiger partial charge in [-0.3, -0.25) is 9.59 Å². The number of hydrogen-bond acceptors (Lipinski definition) is 15. The minimum atomic E-state index is -2.11. The minimum absolute atomic E-state index is 0.0187. The summed E-state index contributed by atoms with van der Waals surface area (Å²) in [5.74, 6) is -6.36. The molecule has 3 heterocycles. The number of aliphatic hydroxyl groups is 5. The van der Waals surface area contributed by atoms with Gasteiger partial charge in [0.15, 0.2) is 12.6 Å². The molecule has 302 valence electrons. The van der Waals surface area contributed by atoms with Gasteiger partial charge < -0.3 is 63.6 Å². The van der Waals surface area contributed by atoms with E-state index in [0.717, 1.165) is 0 Å². The molecule has 0 amide bonds. The minimum Gasteiger partial charge on any atom is -0.459 e. The number of Topliss-reactive ketones (excluding diaryl/α,β-unsaturated/α-hetero) is 1. The van der Waals surface area contributed by atoms with Crippen molar-refractivity contribution in [3.05, 3.63) is 0 Å². The molecule has 3 fully saturated rings. The van der Waals surface area contributed by atoms with Gasteiger partial charge in [0.1, 0.15) is 41.9 Å². The van der Waals surface area contributed by atoms with E-state index in [9.17, 15) is 39.9 Å². The highest BCUT2D eigenvalue weighted by Gasteiger charge is 2.54. The maximum atomic E-state index is 14.1. The van der Waals surface area contributed by atoms with E-state index in [0.29, 0.717) is 12.7 Å². The van der Waals surface area contributed by atoms with Crippen molar-refractivity contribution in [3.8, 4) is 0 Å². The number of nitrogens with zero attached hydrogens (tertiary/aromatic N) is 1. The van der Waals surface area contributed by atoms with Crippen LogP contribution in [0, 0.1) is 23.7 Å². The summed E-state index contributed by atoms with van der Waals surface area (Å²) >= 11 is 0. The smallest absolute Gasteiger partial charge is 0.319 e. The molecule has 0 radical (unpaired) electrons. The first kappa shape index (κ1) is 44.8. The third-order valence-corrected chi connectivity index (χ3v) is 11.7. The van der Waals surface area contributed by atoms with Gasteiger partial charge in [-0.05, 0) is 68.0 Å². The van der Waals surface area contributed by atoms with Gasteiger partial charge in [0.2, 0.25) is 0 Å². The Morgan fingerprint density at radius 2 is 1.56 bits per heavy atom. The summed E-state index contributed by atoms with van der Waals surface area (Å²) in [7, 11) is 5.06. The van der Waals surface area contributed by atoms with E-state index < -0.39 is 108 Å². The van der Waals surface area contributed by atoms with Crippen LogP contribution >= 0.6 is 0 Å². The largest absolute Gasteiger partial charge is 0.459 e. The molecule has 5 N–H and O–H groups in total. The summed E-state index contributed by atoms with van der Waals surface area (Å²) in [6.07, 6.45) is -11.0. The lowest BCUT2D eigenvalue weighted by Crippen LogP contribution is -2.61. The van der Waals surface area contributed by atoms with E-state index in [1.54, 1.807) is 34.6 Å². The SMILES string of the molecule is CCC1OC(=O)[C@H](C=O)C(O[C@H]2C[C@@](C)(OC)[C@@H](O)[C@H](C)O2)[C@H](C)[C@@H](O[C@@H]2O[C@H](C)C[C@H](N(C)C)[C@H]2O)[C@](C)(O)C[C@@H](C)C(=O)[C@H](C)[C@@H](O)[C@]1(C)O. The van der Waals surface area contributed by atoms with Gasteiger partial charge in [-0.1, -0.05) is 27.7 Å². The Balaban J connectivity index is 2.23. The van der Waals surface area contributed by atoms with Crippen LogP contribution in [0.15, 0.2) is 0 Å². The summed E-state index contributed by atoms with van der Waals surface area (Å²) in [5.41, 5.74) is -5.16. The van der Waals surface area contributed by atoms with E-state index in [1.165, 1.54) is 27.9 Å². The third kappa shape index (κ3) is 9.41. The first-order chi connectivity index (χ1) is 24.0. The number of aldehydes is 1. The van der Waals surface area contributed by atoms with E-state index in [-0.39, 0.29) is 31.4 Å². The summed E-state index contributed by atoms with van der Waals surface area (Å²) in [5, 5.41) is 57.5.